The second-order valence-corrected chi connectivity index (χ2v) is 5.94. The standard InChI is InChI=1S/C21H13NO/c22-20-15-8-3-2-7-14(15)19-18-13(10-5-11-17(18)20)12-6-1-4-9-16(12)21(19)23/h1-11H,22H2. The van der Waals surface area contributed by atoms with E-state index in [1.165, 1.54) is 0 Å². The van der Waals surface area contributed by atoms with Gasteiger partial charge in [0.1, 0.15) is 0 Å². The maximum atomic E-state index is 13.2. The molecule has 0 saturated carbocycles. The molecule has 0 bridgehead atoms. The van der Waals surface area contributed by atoms with Crippen LogP contribution in [0.3, 0.4) is 0 Å². The first-order chi connectivity index (χ1) is 11.3. The van der Waals surface area contributed by atoms with Gasteiger partial charge in [0.2, 0.25) is 0 Å². The number of carbonyl (C=O) groups excluding carboxylic acids is 1. The molecule has 0 radical (unpaired) electrons. The van der Waals surface area contributed by atoms with Crippen molar-refractivity contribution < 1.29 is 4.79 Å². The van der Waals surface area contributed by atoms with Gasteiger partial charge in [0.15, 0.2) is 5.78 Å². The Bertz CT molecular complexity index is 1140. The van der Waals surface area contributed by atoms with Gasteiger partial charge < -0.3 is 5.73 Å². The second-order valence-electron chi connectivity index (χ2n) is 5.94. The van der Waals surface area contributed by atoms with Gasteiger partial charge in [0, 0.05) is 33.0 Å². The number of rotatable bonds is 0. The Morgan fingerprint density at radius 1 is 0.609 bits per heavy atom. The van der Waals surface area contributed by atoms with Gasteiger partial charge in [-0.15, -0.1) is 0 Å². The molecule has 4 aromatic rings. The van der Waals surface area contributed by atoms with Gasteiger partial charge in [0.05, 0.1) is 0 Å². The number of nitrogens with two attached hydrogens (primary N) is 1. The Morgan fingerprint density at radius 3 is 2.04 bits per heavy atom. The lowest BCUT2D eigenvalue weighted by atomic mass is 9.80. The minimum absolute atomic E-state index is 0.0838. The van der Waals surface area contributed by atoms with E-state index in [1.807, 2.05) is 60.7 Å². The van der Waals surface area contributed by atoms with Crippen molar-refractivity contribution in [3.63, 3.8) is 0 Å². The maximum absolute atomic E-state index is 13.2. The number of hydrogen-bond donors (Lipinski definition) is 1. The van der Waals surface area contributed by atoms with Crippen molar-refractivity contribution >= 4 is 33.0 Å². The molecule has 5 rings (SSSR count). The summed E-state index contributed by atoms with van der Waals surface area (Å²) in [5.74, 6) is 0.0838. The number of benzene rings is 4. The van der Waals surface area contributed by atoms with Gasteiger partial charge in [-0.25, -0.2) is 0 Å². The van der Waals surface area contributed by atoms with Crippen molar-refractivity contribution in [3.8, 4) is 11.1 Å². The summed E-state index contributed by atoms with van der Waals surface area (Å²) in [5, 5.41) is 3.82. The van der Waals surface area contributed by atoms with Crippen molar-refractivity contribution in [3.05, 3.63) is 77.9 Å². The van der Waals surface area contributed by atoms with Gasteiger partial charge in [-0.2, -0.15) is 0 Å². The van der Waals surface area contributed by atoms with E-state index in [0.717, 1.165) is 49.5 Å². The van der Waals surface area contributed by atoms with Gasteiger partial charge in [-0.1, -0.05) is 66.7 Å². The lowest BCUT2D eigenvalue weighted by molar-refractivity contribution is 0.104. The summed E-state index contributed by atoms with van der Waals surface area (Å²) in [6, 6.07) is 21.8. The summed E-state index contributed by atoms with van der Waals surface area (Å²) in [6.45, 7) is 0. The molecule has 0 aliphatic heterocycles. The van der Waals surface area contributed by atoms with Crippen molar-refractivity contribution in [1.82, 2.24) is 0 Å². The molecule has 23 heavy (non-hydrogen) atoms. The van der Waals surface area contributed by atoms with Gasteiger partial charge >= 0.3 is 0 Å². The first kappa shape index (κ1) is 12.4. The van der Waals surface area contributed by atoms with Gasteiger partial charge in [-0.05, 0) is 16.5 Å². The van der Waals surface area contributed by atoms with Crippen molar-refractivity contribution in [1.29, 1.82) is 0 Å². The summed E-state index contributed by atoms with van der Waals surface area (Å²) in [7, 11) is 0. The van der Waals surface area contributed by atoms with Crippen LogP contribution < -0.4 is 5.73 Å². The van der Waals surface area contributed by atoms with Crippen LogP contribution in [0.4, 0.5) is 5.69 Å². The van der Waals surface area contributed by atoms with Gasteiger partial charge in [-0.3, -0.25) is 4.79 Å². The fourth-order valence-corrected chi connectivity index (χ4v) is 3.77. The predicted molar refractivity (Wildman–Crippen MR) is 94.7 cm³/mol. The zero-order valence-electron chi connectivity index (χ0n) is 12.3. The van der Waals surface area contributed by atoms with Crippen LogP contribution in [-0.2, 0) is 0 Å². The molecule has 0 atom stereocenters. The molecule has 0 saturated heterocycles. The highest BCUT2D eigenvalue weighted by atomic mass is 16.1. The Labute approximate surface area is 133 Å². The van der Waals surface area contributed by atoms with Crippen LogP contribution >= 0.6 is 0 Å². The topological polar surface area (TPSA) is 43.1 Å². The largest absolute Gasteiger partial charge is 0.398 e. The maximum Gasteiger partial charge on any atom is 0.194 e. The lowest BCUT2D eigenvalue weighted by Crippen LogP contribution is -2.11. The lowest BCUT2D eigenvalue weighted by Gasteiger charge is -2.22. The molecule has 1 aliphatic rings. The van der Waals surface area contributed by atoms with E-state index in [4.69, 9.17) is 5.73 Å². The van der Waals surface area contributed by atoms with Crippen LogP contribution in [0.1, 0.15) is 15.9 Å². The third-order valence-corrected chi connectivity index (χ3v) is 4.78. The molecule has 0 unspecified atom stereocenters. The van der Waals surface area contributed by atoms with E-state index in [-0.39, 0.29) is 5.78 Å². The molecule has 0 aromatic heterocycles. The number of anilines is 1. The summed E-state index contributed by atoms with van der Waals surface area (Å²) >= 11 is 0. The highest BCUT2D eigenvalue weighted by Crippen LogP contribution is 2.44. The monoisotopic (exact) mass is 295 g/mol. The van der Waals surface area contributed by atoms with E-state index in [2.05, 4.69) is 6.07 Å². The zero-order valence-corrected chi connectivity index (χ0v) is 12.3. The fraction of sp³-hybridized carbons (Fsp3) is 0. The van der Waals surface area contributed by atoms with E-state index in [1.54, 1.807) is 0 Å². The van der Waals surface area contributed by atoms with Crippen molar-refractivity contribution in [2.24, 2.45) is 0 Å². The quantitative estimate of drug-likeness (QED) is 0.330. The normalized spacial score (nSPS) is 12.6. The van der Waals surface area contributed by atoms with E-state index >= 15 is 0 Å². The highest BCUT2D eigenvalue weighted by molar-refractivity contribution is 6.34. The van der Waals surface area contributed by atoms with E-state index in [9.17, 15) is 4.79 Å². The Balaban J connectivity index is 2.14. The summed E-state index contributed by atoms with van der Waals surface area (Å²) in [5.41, 5.74) is 10.8. The summed E-state index contributed by atoms with van der Waals surface area (Å²) in [4.78, 5) is 13.2. The minimum Gasteiger partial charge on any atom is -0.398 e. The van der Waals surface area contributed by atoms with Crippen LogP contribution in [0, 0.1) is 0 Å². The van der Waals surface area contributed by atoms with Crippen LogP contribution in [-0.4, -0.2) is 5.78 Å². The molecule has 0 fully saturated rings. The number of nitrogen functional groups attached to an aromatic ring is 1. The second kappa shape index (κ2) is 4.20. The SMILES string of the molecule is Nc1c2ccccc2c2c3c(cccc13)-c1ccccc1C2=O. The summed E-state index contributed by atoms with van der Waals surface area (Å²) in [6.07, 6.45) is 0. The molecule has 0 heterocycles. The average molecular weight is 295 g/mol. The van der Waals surface area contributed by atoms with Crippen LogP contribution in [0.5, 0.6) is 0 Å². The third kappa shape index (κ3) is 1.45. The van der Waals surface area contributed by atoms with Crippen LogP contribution in [0.15, 0.2) is 66.7 Å². The zero-order chi connectivity index (χ0) is 15.6. The molecule has 1 aliphatic carbocycles. The van der Waals surface area contributed by atoms with Gasteiger partial charge in [0.25, 0.3) is 0 Å². The van der Waals surface area contributed by atoms with Crippen molar-refractivity contribution in [2.45, 2.75) is 0 Å². The number of ketones is 1. The molecule has 4 aromatic carbocycles. The molecule has 108 valence electrons. The molecule has 2 heteroatoms. The molecule has 2 nitrogen and oxygen atoms in total. The molecular weight excluding hydrogens is 282 g/mol. The first-order valence-electron chi connectivity index (χ1n) is 7.64. The number of fused-ring (bicyclic) bond motifs is 4. The number of hydrogen-bond acceptors (Lipinski definition) is 2. The Morgan fingerprint density at radius 2 is 1.22 bits per heavy atom. The Kier molecular flexibility index (Phi) is 2.27. The smallest absolute Gasteiger partial charge is 0.194 e. The van der Waals surface area contributed by atoms with E-state index < -0.39 is 0 Å². The summed E-state index contributed by atoms with van der Waals surface area (Å²) < 4.78 is 0. The molecular formula is C21H13NO. The van der Waals surface area contributed by atoms with Crippen molar-refractivity contribution in [2.75, 3.05) is 5.73 Å². The predicted octanol–water partition coefficient (Wildman–Crippen LogP) is 4.79. The average Bonchev–Trinajstić information content (AvgIpc) is 2.61. The number of carbonyl (C=O) groups is 1. The van der Waals surface area contributed by atoms with E-state index in [0.29, 0.717) is 0 Å². The first-order valence-corrected chi connectivity index (χ1v) is 7.64. The van der Waals surface area contributed by atoms with Crippen LogP contribution in [0.2, 0.25) is 0 Å². The molecule has 2 N–H and O–H groups in total. The fourth-order valence-electron chi connectivity index (χ4n) is 3.77. The third-order valence-electron chi connectivity index (χ3n) is 4.78. The molecule has 0 spiro atoms. The highest BCUT2D eigenvalue weighted by Gasteiger charge is 2.27. The minimum atomic E-state index is 0.0838. The van der Waals surface area contributed by atoms with Crippen LogP contribution in [0.25, 0.3) is 32.7 Å². The molecule has 0 amide bonds. The Hall–Kier alpha value is -3.13.